The van der Waals surface area contributed by atoms with Crippen molar-refractivity contribution in [2.75, 3.05) is 46.5 Å². The molecule has 0 aromatic heterocycles. The van der Waals surface area contributed by atoms with Crippen LogP contribution in [-0.4, -0.2) is 51.4 Å². The maximum atomic E-state index is 5.84. The van der Waals surface area contributed by atoms with Gasteiger partial charge in [0, 0.05) is 51.0 Å². The van der Waals surface area contributed by atoms with Gasteiger partial charge in [-0.05, 0) is 35.6 Å². The Balaban J connectivity index is 0.00000131. The Bertz CT molecular complexity index is 698. The van der Waals surface area contributed by atoms with Gasteiger partial charge in [0.1, 0.15) is 5.75 Å². The van der Waals surface area contributed by atoms with Crippen molar-refractivity contribution >= 4 is 35.6 Å². The molecule has 0 radical (unpaired) electrons. The van der Waals surface area contributed by atoms with E-state index in [0.717, 1.165) is 58.0 Å². The molecule has 2 heterocycles. The Kier molecular flexibility index (Phi) is 8.64. The third-order valence-corrected chi connectivity index (χ3v) is 5.70. The van der Waals surface area contributed by atoms with Gasteiger partial charge in [-0.15, -0.1) is 24.8 Å². The minimum atomic E-state index is 0. The van der Waals surface area contributed by atoms with E-state index in [0.29, 0.717) is 12.0 Å². The lowest BCUT2D eigenvalue weighted by atomic mass is 9.83. The second-order valence-corrected chi connectivity index (χ2v) is 7.08. The maximum absolute atomic E-state index is 5.84. The number of ether oxygens (including phenoxy) is 2. The summed E-state index contributed by atoms with van der Waals surface area (Å²) in [4.78, 5) is 2.66. The van der Waals surface area contributed by atoms with Gasteiger partial charge in [0.25, 0.3) is 0 Å². The zero-order chi connectivity index (χ0) is 17.1. The van der Waals surface area contributed by atoms with Gasteiger partial charge < -0.3 is 14.8 Å². The summed E-state index contributed by atoms with van der Waals surface area (Å²) < 4.78 is 11.5. The van der Waals surface area contributed by atoms with Crippen LogP contribution in [0.4, 0.5) is 0 Å². The zero-order valence-electron chi connectivity index (χ0n) is 15.9. The van der Waals surface area contributed by atoms with Gasteiger partial charge in [-0.25, -0.2) is 0 Å². The minimum absolute atomic E-state index is 0. The molecule has 1 N–H and O–H groups in total. The molecule has 0 spiro atoms. The summed E-state index contributed by atoms with van der Waals surface area (Å²) in [6.45, 7) is 6.06. The van der Waals surface area contributed by atoms with E-state index in [9.17, 15) is 0 Å². The van der Waals surface area contributed by atoms with Crippen molar-refractivity contribution in [3.8, 4) is 5.75 Å². The molecule has 0 aliphatic carbocycles. The van der Waals surface area contributed by atoms with Crippen molar-refractivity contribution in [2.24, 2.45) is 5.92 Å². The van der Waals surface area contributed by atoms with E-state index in [1.807, 2.05) is 0 Å². The molecule has 2 aliphatic rings. The number of fused-ring (bicyclic) bond motifs is 1. The predicted molar refractivity (Wildman–Crippen MR) is 116 cm³/mol. The van der Waals surface area contributed by atoms with Crippen molar-refractivity contribution < 1.29 is 9.47 Å². The van der Waals surface area contributed by atoms with Crippen LogP contribution in [0.3, 0.4) is 0 Å². The number of benzene rings is 2. The summed E-state index contributed by atoms with van der Waals surface area (Å²) >= 11 is 0. The molecule has 0 amide bonds. The molecule has 2 saturated heterocycles. The quantitative estimate of drug-likeness (QED) is 0.820. The zero-order valence-corrected chi connectivity index (χ0v) is 17.5. The van der Waals surface area contributed by atoms with Crippen LogP contribution < -0.4 is 10.1 Å². The van der Waals surface area contributed by atoms with Gasteiger partial charge in [0.05, 0.1) is 7.11 Å². The Morgan fingerprint density at radius 2 is 1.74 bits per heavy atom. The van der Waals surface area contributed by atoms with Crippen LogP contribution in [0, 0.1) is 5.92 Å². The summed E-state index contributed by atoms with van der Waals surface area (Å²) in [5.41, 5.74) is 1.37. The van der Waals surface area contributed by atoms with E-state index in [1.165, 1.54) is 16.3 Å². The summed E-state index contributed by atoms with van der Waals surface area (Å²) in [6.07, 6.45) is 2.25. The predicted octanol–water partition coefficient (Wildman–Crippen LogP) is 4.06. The fraction of sp³-hybridized carbons (Fsp3) is 0.524. The average molecular weight is 413 g/mol. The number of nitrogens with one attached hydrogen (secondary N) is 1. The number of hydrogen-bond acceptors (Lipinski definition) is 4. The Hall–Kier alpha value is -1.04. The highest BCUT2D eigenvalue weighted by molar-refractivity contribution is 5.88. The lowest BCUT2D eigenvalue weighted by Crippen LogP contribution is -2.47. The highest BCUT2D eigenvalue weighted by Crippen LogP contribution is 2.43. The van der Waals surface area contributed by atoms with Gasteiger partial charge in [-0.1, -0.05) is 30.3 Å². The largest absolute Gasteiger partial charge is 0.496 e. The third-order valence-electron chi connectivity index (χ3n) is 5.70. The molecule has 27 heavy (non-hydrogen) atoms. The number of piperazine rings is 1. The standard InChI is InChI=1S/C21H28N2O2.2ClH/c1-24-19-7-6-16-4-2-3-5-18(16)20(19)21(17-8-14-25-15-9-17)23-12-10-22-11-13-23;;/h2-7,17,21-22H,8-15H2,1H3;2*1H/t21-;;/m1../s1. The number of nitrogens with zero attached hydrogens (tertiary/aromatic N) is 1. The van der Waals surface area contributed by atoms with E-state index in [4.69, 9.17) is 9.47 Å². The van der Waals surface area contributed by atoms with E-state index in [-0.39, 0.29) is 24.8 Å². The fourth-order valence-corrected chi connectivity index (χ4v) is 4.47. The number of rotatable bonds is 4. The molecular formula is C21H30Cl2N2O2. The SMILES string of the molecule is COc1ccc2ccccc2c1[C@@H](C1CCOCC1)N1CCNCC1.Cl.Cl. The summed E-state index contributed by atoms with van der Waals surface area (Å²) in [7, 11) is 1.80. The van der Waals surface area contributed by atoms with Crippen LogP contribution in [0.2, 0.25) is 0 Å². The lowest BCUT2D eigenvalue weighted by Gasteiger charge is -2.42. The minimum Gasteiger partial charge on any atom is -0.496 e. The van der Waals surface area contributed by atoms with Crippen LogP contribution >= 0.6 is 24.8 Å². The monoisotopic (exact) mass is 412 g/mol. The summed E-state index contributed by atoms with van der Waals surface area (Å²) in [6, 6.07) is 13.4. The van der Waals surface area contributed by atoms with Crippen molar-refractivity contribution in [1.29, 1.82) is 0 Å². The van der Waals surface area contributed by atoms with Gasteiger partial charge in [-0.2, -0.15) is 0 Å². The van der Waals surface area contributed by atoms with Gasteiger partial charge >= 0.3 is 0 Å². The fourth-order valence-electron chi connectivity index (χ4n) is 4.47. The first-order chi connectivity index (χ1) is 12.4. The third kappa shape index (κ3) is 4.69. The van der Waals surface area contributed by atoms with Crippen LogP contribution in [-0.2, 0) is 4.74 Å². The molecule has 2 aromatic carbocycles. The van der Waals surface area contributed by atoms with Crippen LogP contribution in [0.5, 0.6) is 5.75 Å². The molecular weight excluding hydrogens is 383 g/mol. The van der Waals surface area contributed by atoms with Crippen molar-refractivity contribution in [3.63, 3.8) is 0 Å². The molecule has 150 valence electrons. The Morgan fingerprint density at radius 1 is 1.04 bits per heavy atom. The van der Waals surface area contributed by atoms with Gasteiger partial charge in [0.2, 0.25) is 0 Å². The van der Waals surface area contributed by atoms with Crippen molar-refractivity contribution in [2.45, 2.75) is 18.9 Å². The molecule has 0 unspecified atom stereocenters. The average Bonchev–Trinajstić information content (AvgIpc) is 2.70. The number of methoxy groups -OCH3 is 1. The van der Waals surface area contributed by atoms with Crippen LogP contribution in [0.25, 0.3) is 10.8 Å². The second kappa shape index (κ2) is 10.5. The van der Waals surface area contributed by atoms with Crippen molar-refractivity contribution in [1.82, 2.24) is 10.2 Å². The summed E-state index contributed by atoms with van der Waals surface area (Å²) in [5.74, 6) is 1.64. The molecule has 4 rings (SSSR count). The van der Waals surface area contributed by atoms with Gasteiger partial charge in [0.15, 0.2) is 0 Å². The molecule has 2 aromatic rings. The smallest absolute Gasteiger partial charge is 0.124 e. The molecule has 4 nitrogen and oxygen atoms in total. The Morgan fingerprint density at radius 3 is 2.44 bits per heavy atom. The molecule has 2 aliphatic heterocycles. The molecule has 2 fully saturated rings. The van der Waals surface area contributed by atoms with Gasteiger partial charge in [-0.3, -0.25) is 4.90 Å². The first-order valence-corrected chi connectivity index (χ1v) is 9.46. The second-order valence-electron chi connectivity index (χ2n) is 7.08. The Labute approximate surface area is 174 Å². The van der Waals surface area contributed by atoms with E-state index in [1.54, 1.807) is 7.11 Å². The number of hydrogen-bond donors (Lipinski definition) is 1. The molecule has 6 heteroatoms. The van der Waals surface area contributed by atoms with E-state index in [2.05, 4.69) is 46.6 Å². The molecule has 0 saturated carbocycles. The number of halogens is 2. The first kappa shape index (κ1) is 22.3. The lowest BCUT2D eigenvalue weighted by molar-refractivity contribution is 0.0211. The molecule has 0 bridgehead atoms. The van der Waals surface area contributed by atoms with Crippen LogP contribution in [0.15, 0.2) is 36.4 Å². The molecule has 1 atom stereocenters. The summed E-state index contributed by atoms with van der Waals surface area (Å²) in [5, 5.41) is 6.12. The topological polar surface area (TPSA) is 33.7 Å². The maximum Gasteiger partial charge on any atom is 0.124 e. The van der Waals surface area contributed by atoms with Crippen LogP contribution in [0.1, 0.15) is 24.4 Å². The van der Waals surface area contributed by atoms with E-state index < -0.39 is 0 Å². The van der Waals surface area contributed by atoms with E-state index >= 15 is 0 Å². The highest BCUT2D eigenvalue weighted by Gasteiger charge is 2.34. The van der Waals surface area contributed by atoms with Crippen molar-refractivity contribution in [3.05, 3.63) is 42.0 Å². The highest BCUT2D eigenvalue weighted by atomic mass is 35.5. The first-order valence-electron chi connectivity index (χ1n) is 9.46. The normalized spacial score (nSPS) is 19.7.